The first-order chi connectivity index (χ1) is 7.72. The SMILES string of the molecule is CNCC(=O)N1CC2CCCCN2CC1C. The Kier molecular flexibility index (Phi) is 3.82. The van der Waals surface area contributed by atoms with Crippen molar-refractivity contribution in [3.8, 4) is 0 Å². The maximum Gasteiger partial charge on any atom is 0.236 e. The predicted molar refractivity (Wildman–Crippen MR) is 64.3 cm³/mol. The van der Waals surface area contributed by atoms with Crippen LogP contribution in [-0.4, -0.2) is 61.0 Å². The average molecular weight is 225 g/mol. The van der Waals surface area contributed by atoms with Gasteiger partial charge in [-0.3, -0.25) is 9.69 Å². The van der Waals surface area contributed by atoms with Crippen molar-refractivity contribution < 1.29 is 4.79 Å². The monoisotopic (exact) mass is 225 g/mol. The zero-order valence-corrected chi connectivity index (χ0v) is 10.4. The molecule has 2 heterocycles. The van der Waals surface area contributed by atoms with Crippen LogP contribution < -0.4 is 5.32 Å². The Bertz CT molecular complexity index is 257. The van der Waals surface area contributed by atoms with Crippen LogP contribution in [0.2, 0.25) is 0 Å². The van der Waals surface area contributed by atoms with Gasteiger partial charge < -0.3 is 10.2 Å². The van der Waals surface area contributed by atoms with Gasteiger partial charge in [-0.1, -0.05) is 6.42 Å². The van der Waals surface area contributed by atoms with Crippen molar-refractivity contribution in [2.24, 2.45) is 0 Å². The smallest absolute Gasteiger partial charge is 0.236 e. The first kappa shape index (κ1) is 11.9. The van der Waals surface area contributed by atoms with Crippen molar-refractivity contribution in [2.75, 3.05) is 33.2 Å². The lowest BCUT2D eigenvalue weighted by Gasteiger charge is -2.47. The molecule has 2 rings (SSSR count). The molecule has 1 amide bonds. The van der Waals surface area contributed by atoms with Crippen molar-refractivity contribution >= 4 is 5.91 Å². The number of hydrogen-bond donors (Lipinski definition) is 1. The highest BCUT2D eigenvalue weighted by Gasteiger charge is 2.34. The van der Waals surface area contributed by atoms with E-state index in [0.29, 0.717) is 18.6 Å². The molecule has 4 nitrogen and oxygen atoms in total. The molecular formula is C12H23N3O. The summed E-state index contributed by atoms with van der Waals surface area (Å²) in [5.41, 5.74) is 0. The van der Waals surface area contributed by atoms with E-state index in [1.54, 1.807) is 0 Å². The van der Waals surface area contributed by atoms with Crippen LogP contribution in [0.4, 0.5) is 0 Å². The number of nitrogens with one attached hydrogen (secondary N) is 1. The maximum atomic E-state index is 11.9. The zero-order valence-electron chi connectivity index (χ0n) is 10.4. The van der Waals surface area contributed by atoms with Crippen LogP contribution in [0.1, 0.15) is 26.2 Å². The summed E-state index contributed by atoms with van der Waals surface area (Å²) in [5.74, 6) is 0.250. The van der Waals surface area contributed by atoms with E-state index in [1.807, 2.05) is 7.05 Å². The van der Waals surface area contributed by atoms with Crippen LogP contribution in [0, 0.1) is 0 Å². The van der Waals surface area contributed by atoms with E-state index in [0.717, 1.165) is 13.1 Å². The molecule has 2 unspecified atom stereocenters. The molecule has 0 bridgehead atoms. The van der Waals surface area contributed by atoms with Crippen LogP contribution in [0.15, 0.2) is 0 Å². The van der Waals surface area contributed by atoms with E-state index in [9.17, 15) is 4.79 Å². The Morgan fingerprint density at radius 1 is 1.38 bits per heavy atom. The van der Waals surface area contributed by atoms with Gasteiger partial charge in [0.05, 0.1) is 6.54 Å². The molecule has 0 aromatic carbocycles. The van der Waals surface area contributed by atoms with E-state index < -0.39 is 0 Å². The molecule has 16 heavy (non-hydrogen) atoms. The second-order valence-electron chi connectivity index (χ2n) is 5.07. The highest BCUT2D eigenvalue weighted by Crippen LogP contribution is 2.23. The number of carbonyl (C=O) groups is 1. The molecular weight excluding hydrogens is 202 g/mol. The summed E-state index contributed by atoms with van der Waals surface area (Å²) in [4.78, 5) is 16.6. The van der Waals surface area contributed by atoms with Crippen LogP contribution in [-0.2, 0) is 4.79 Å². The third kappa shape index (κ3) is 2.38. The Labute approximate surface area is 98.0 Å². The molecule has 2 aliphatic heterocycles. The minimum Gasteiger partial charge on any atom is -0.336 e. The van der Waals surface area contributed by atoms with Gasteiger partial charge in [0.2, 0.25) is 5.91 Å². The van der Waals surface area contributed by atoms with Crippen molar-refractivity contribution in [1.29, 1.82) is 0 Å². The number of carbonyl (C=O) groups excluding carboxylic acids is 1. The fraction of sp³-hybridized carbons (Fsp3) is 0.917. The molecule has 0 radical (unpaired) electrons. The zero-order chi connectivity index (χ0) is 11.5. The summed E-state index contributed by atoms with van der Waals surface area (Å²) >= 11 is 0. The summed E-state index contributed by atoms with van der Waals surface area (Å²) < 4.78 is 0. The van der Waals surface area contributed by atoms with Crippen molar-refractivity contribution in [2.45, 2.75) is 38.3 Å². The normalized spacial score (nSPS) is 31.2. The molecule has 92 valence electrons. The average Bonchev–Trinajstić information content (AvgIpc) is 2.28. The molecule has 0 saturated carbocycles. The number of piperazine rings is 1. The van der Waals surface area contributed by atoms with E-state index >= 15 is 0 Å². The van der Waals surface area contributed by atoms with Gasteiger partial charge in [0.1, 0.15) is 0 Å². The minimum absolute atomic E-state index is 0.250. The van der Waals surface area contributed by atoms with Gasteiger partial charge in [-0.15, -0.1) is 0 Å². The third-order valence-corrected chi connectivity index (χ3v) is 3.84. The molecule has 2 fully saturated rings. The van der Waals surface area contributed by atoms with Gasteiger partial charge in [0.15, 0.2) is 0 Å². The molecule has 1 N–H and O–H groups in total. The predicted octanol–water partition coefficient (Wildman–Crippen LogP) is 0.291. The molecule has 0 aliphatic carbocycles. The second kappa shape index (κ2) is 5.15. The molecule has 0 aromatic rings. The van der Waals surface area contributed by atoms with Crippen molar-refractivity contribution in [3.63, 3.8) is 0 Å². The first-order valence-electron chi connectivity index (χ1n) is 6.40. The fourth-order valence-electron chi connectivity index (χ4n) is 2.95. The number of rotatable bonds is 2. The van der Waals surface area contributed by atoms with Gasteiger partial charge in [0.25, 0.3) is 0 Å². The Balaban J connectivity index is 1.97. The maximum absolute atomic E-state index is 11.9. The summed E-state index contributed by atoms with van der Waals surface area (Å²) in [6.07, 6.45) is 3.91. The number of fused-ring (bicyclic) bond motifs is 1. The van der Waals surface area contributed by atoms with Gasteiger partial charge in [-0.25, -0.2) is 0 Å². The van der Waals surface area contributed by atoms with Gasteiger partial charge in [-0.2, -0.15) is 0 Å². The molecule has 2 saturated heterocycles. The highest BCUT2D eigenvalue weighted by atomic mass is 16.2. The van der Waals surface area contributed by atoms with Gasteiger partial charge in [-0.05, 0) is 33.4 Å². The van der Waals surface area contributed by atoms with Crippen molar-refractivity contribution in [3.05, 3.63) is 0 Å². The van der Waals surface area contributed by atoms with Crippen LogP contribution in [0.3, 0.4) is 0 Å². The molecule has 0 aromatic heterocycles. The van der Waals surface area contributed by atoms with E-state index in [-0.39, 0.29) is 5.91 Å². The lowest BCUT2D eigenvalue weighted by molar-refractivity contribution is -0.137. The Morgan fingerprint density at radius 2 is 2.19 bits per heavy atom. The van der Waals surface area contributed by atoms with Gasteiger partial charge >= 0.3 is 0 Å². The van der Waals surface area contributed by atoms with E-state index in [2.05, 4.69) is 22.0 Å². The Hall–Kier alpha value is -0.610. The summed E-state index contributed by atoms with van der Waals surface area (Å²) in [7, 11) is 1.83. The van der Waals surface area contributed by atoms with E-state index in [4.69, 9.17) is 0 Å². The standard InChI is InChI=1S/C12H23N3O/c1-10-8-14-6-4-3-5-11(14)9-15(10)12(16)7-13-2/h10-11,13H,3-9H2,1-2H3. The quantitative estimate of drug-likeness (QED) is 0.734. The summed E-state index contributed by atoms with van der Waals surface area (Å²) in [6, 6.07) is 0.987. The van der Waals surface area contributed by atoms with Gasteiger partial charge in [0, 0.05) is 25.2 Å². The number of likely N-dealkylation sites (N-methyl/N-ethyl adjacent to an activating group) is 1. The highest BCUT2D eigenvalue weighted by molar-refractivity contribution is 5.78. The number of nitrogens with zero attached hydrogens (tertiary/aromatic N) is 2. The molecule has 2 atom stereocenters. The first-order valence-corrected chi connectivity index (χ1v) is 6.40. The number of amides is 1. The largest absolute Gasteiger partial charge is 0.336 e. The van der Waals surface area contributed by atoms with Crippen LogP contribution in [0.25, 0.3) is 0 Å². The summed E-state index contributed by atoms with van der Waals surface area (Å²) in [6.45, 7) is 5.85. The lowest BCUT2D eigenvalue weighted by atomic mass is 9.97. The second-order valence-corrected chi connectivity index (χ2v) is 5.07. The summed E-state index contributed by atoms with van der Waals surface area (Å²) in [5, 5.41) is 2.95. The fourth-order valence-corrected chi connectivity index (χ4v) is 2.95. The molecule has 0 spiro atoms. The lowest BCUT2D eigenvalue weighted by Crippen LogP contribution is -2.61. The van der Waals surface area contributed by atoms with Crippen LogP contribution in [0.5, 0.6) is 0 Å². The topological polar surface area (TPSA) is 35.6 Å². The molecule has 2 aliphatic rings. The number of hydrogen-bond acceptors (Lipinski definition) is 3. The molecule has 4 heteroatoms. The van der Waals surface area contributed by atoms with Crippen molar-refractivity contribution in [1.82, 2.24) is 15.1 Å². The minimum atomic E-state index is 0.250. The number of piperidine rings is 1. The Morgan fingerprint density at radius 3 is 2.94 bits per heavy atom. The third-order valence-electron chi connectivity index (χ3n) is 3.84. The van der Waals surface area contributed by atoms with E-state index in [1.165, 1.54) is 25.8 Å². The van der Waals surface area contributed by atoms with Crippen LogP contribution >= 0.6 is 0 Å².